The molecule has 0 aromatic carbocycles. The molecule has 1 heterocycles. The van der Waals surface area contributed by atoms with Crippen molar-refractivity contribution in [2.75, 3.05) is 13.2 Å². The monoisotopic (exact) mass is 189 g/mol. The molecule has 0 amide bonds. The van der Waals surface area contributed by atoms with Crippen LogP contribution in [0.4, 0.5) is 0 Å². The number of thiocarbonyl (C=S) groups is 1. The summed E-state index contributed by atoms with van der Waals surface area (Å²) in [6, 6.07) is 0. The lowest BCUT2D eigenvalue weighted by Crippen LogP contribution is -2.46. The second-order valence-corrected chi connectivity index (χ2v) is 3.64. The molecule has 0 radical (unpaired) electrons. The maximum atomic E-state index is 5.54. The molecular formula is C7H15N3OS. The second-order valence-electron chi connectivity index (χ2n) is 3.23. The Kier molecular flexibility index (Phi) is 3.25. The zero-order chi connectivity index (χ0) is 9.03. The number of nitrogens with two attached hydrogens (primary N) is 1. The Morgan fingerprint density at radius 2 is 2.50 bits per heavy atom. The van der Waals surface area contributed by atoms with Crippen LogP contribution in [0.3, 0.4) is 0 Å². The van der Waals surface area contributed by atoms with Crippen molar-refractivity contribution < 1.29 is 4.74 Å². The molecule has 1 unspecified atom stereocenters. The molecule has 0 aromatic heterocycles. The van der Waals surface area contributed by atoms with Crippen molar-refractivity contribution in [3.05, 3.63) is 0 Å². The predicted molar refractivity (Wildman–Crippen MR) is 51.5 cm³/mol. The number of hydrogen-bond acceptors (Lipinski definition) is 3. The molecule has 1 saturated heterocycles. The molecule has 0 bridgehead atoms. The molecule has 4 nitrogen and oxygen atoms in total. The van der Waals surface area contributed by atoms with Crippen molar-refractivity contribution in [2.45, 2.75) is 25.4 Å². The molecule has 1 rings (SSSR count). The Labute approximate surface area is 77.8 Å². The molecule has 0 aromatic rings. The Morgan fingerprint density at radius 1 is 1.75 bits per heavy atom. The van der Waals surface area contributed by atoms with Crippen LogP contribution >= 0.6 is 12.2 Å². The summed E-state index contributed by atoms with van der Waals surface area (Å²) < 4.78 is 5.54. The molecule has 1 aliphatic rings. The molecular weight excluding hydrogens is 174 g/mol. The first kappa shape index (κ1) is 9.70. The van der Waals surface area contributed by atoms with Gasteiger partial charge in [-0.1, -0.05) is 0 Å². The maximum absolute atomic E-state index is 5.54. The minimum absolute atomic E-state index is 0.0685. The van der Waals surface area contributed by atoms with E-state index in [1.807, 2.05) is 0 Å². The molecule has 12 heavy (non-hydrogen) atoms. The van der Waals surface area contributed by atoms with Gasteiger partial charge in [0.15, 0.2) is 5.11 Å². The van der Waals surface area contributed by atoms with E-state index >= 15 is 0 Å². The third kappa shape index (κ3) is 2.58. The van der Waals surface area contributed by atoms with Crippen molar-refractivity contribution in [1.29, 1.82) is 0 Å². The van der Waals surface area contributed by atoms with Crippen LogP contribution in [0.1, 0.15) is 19.8 Å². The molecule has 0 spiro atoms. The highest BCUT2D eigenvalue weighted by atomic mass is 32.1. The molecule has 0 aliphatic carbocycles. The average molecular weight is 189 g/mol. The van der Waals surface area contributed by atoms with Crippen LogP contribution in [-0.2, 0) is 4.74 Å². The van der Waals surface area contributed by atoms with Crippen molar-refractivity contribution >= 4 is 17.3 Å². The second kappa shape index (κ2) is 4.02. The molecule has 4 N–H and O–H groups in total. The van der Waals surface area contributed by atoms with Crippen LogP contribution in [0.15, 0.2) is 0 Å². The van der Waals surface area contributed by atoms with Gasteiger partial charge in [0.1, 0.15) is 0 Å². The van der Waals surface area contributed by atoms with Gasteiger partial charge in [-0.25, -0.2) is 5.84 Å². The van der Waals surface area contributed by atoms with E-state index in [0.29, 0.717) is 5.11 Å². The van der Waals surface area contributed by atoms with Gasteiger partial charge in [-0.15, -0.1) is 0 Å². The smallest absolute Gasteiger partial charge is 0.180 e. The highest BCUT2D eigenvalue weighted by Gasteiger charge is 2.29. The Morgan fingerprint density at radius 3 is 3.00 bits per heavy atom. The first-order valence-electron chi connectivity index (χ1n) is 4.05. The Bertz CT molecular complexity index is 168. The van der Waals surface area contributed by atoms with Crippen LogP contribution in [0.5, 0.6) is 0 Å². The quantitative estimate of drug-likeness (QED) is 0.321. The first-order valence-corrected chi connectivity index (χ1v) is 4.45. The molecule has 1 aliphatic heterocycles. The summed E-state index contributed by atoms with van der Waals surface area (Å²) in [4.78, 5) is 0. The van der Waals surface area contributed by atoms with E-state index in [-0.39, 0.29) is 5.60 Å². The van der Waals surface area contributed by atoms with E-state index in [0.717, 1.165) is 26.0 Å². The highest BCUT2D eigenvalue weighted by molar-refractivity contribution is 7.80. The highest BCUT2D eigenvalue weighted by Crippen LogP contribution is 2.23. The largest absolute Gasteiger partial charge is 0.373 e. The minimum Gasteiger partial charge on any atom is -0.373 e. The van der Waals surface area contributed by atoms with E-state index in [4.69, 9.17) is 22.8 Å². The summed E-state index contributed by atoms with van der Waals surface area (Å²) in [7, 11) is 0. The van der Waals surface area contributed by atoms with Gasteiger partial charge < -0.3 is 15.5 Å². The number of ether oxygens (including phenoxy) is 1. The standard InChI is InChI=1S/C7H15N3OS/c1-7(3-2-4-11-7)5-9-6(12)10-8/h2-5,8H2,1H3,(H2,9,10,12). The van der Waals surface area contributed by atoms with Crippen molar-refractivity contribution in [2.24, 2.45) is 5.84 Å². The molecule has 1 atom stereocenters. The van der Waals surface area contributed by atoms with Crippen LogP contribution in [0, 0.1) is 0 Å². The summed E-state index contributed by atoms with van der Waals surface area (Å²) in [5, 5.41) is 3.45. The first-order chi connectivity index (χ1) is 5.66. The van der Waals surface area contributed by atoms with Gasteiger partial charge >= 0.3 is 0 Å². The SMILES string of the molecule is CC1(CNC(=S)NN)CCCO1. The number of rotatable bonds is 2. The number of hydrogen-bond donors (Lipinski definition) is 3. The summed E-state index contributed by atoms with van der Waals surface area (Å²) in [6.45, 7) is 3.64. The molecule has 70 valence electrons. The van der Waals surface area contributed by atoms with E-state index in [1.165, 1.54) is 0 Å². The zero-order valence-corrected chi connectivity index (χ0v) is 8.04. The fourth-order valence-electron chi connectivity index (χ4n) is 1.29. The summed E-state index contributed by atoms with van der Waals surface area (Å²) in [5.41, 5.74) is 2.30. The van der Waals surface area contributed by atoms with Crippen LogP contribution in [0.2, 0.25) is 0 Å². The number of nitrogens with one attached hydrogen (secondary N) is 2. The Hall–Kier alpha value is -0.390. The average Bonchev–Trinajstić information content (AvgIpc) is 2.49. The third-order valence-corrected chi connectivity index (χ3v) is 2.32. The van der Waals surface area contributed by atoms with E-state index in [9.17, 15) is 0 Å². The van der Waals surface area contributed by atoms with Gasteiger partial charge in [-0.3, -0.25) is 0 Å². The van der Waals surface area contributed by atoms with E-state index in [1.54, 1.807) is 0 Å². The fourth-order valence-corrected chi connectivity index (χ4v) is 1.37. The van der Waals surface area contributed by atoms with Gasteiger partial charge in [0, 0.05) is 13.2 Å². The molecule has 5 heteroatoms. The fraction of sp³-hybridized carbons (Fsp3) is 0.857. The lowest BCUT2D eigenvalue weighted by Gasteiger charge is -2.23. The van der Waals surface area contributed by atoms with E-state index < -0.39 is 0 Å². The van der Waals surface area contributed by atoms with Crippen molar-refractivity contribution in [1.82, 2.24) is 10.7 Å². The lowest BCUT2D eigenvalue weighted by atomic mass is 10.0. The Balaban J connectivity index is 2.25. The van der Waals surface area contributed by atoms with Gasteiger partial charge in [0.2, 0.25) is 0 Å². The van der Waals surface area contributed by atoms with Crippen molar-refractivity contribution in [3.8, 4) is 0 Å². The summed E-state index contributed by atoms with van der Waals surface area (Å²) >= 11 is 4.84. The summed E-state index contributed by atoms with van der Waals surface area (Å²) in [6.07, 6.45) is 2.20. The van der Waals surface area contributed by atoms with E-state index in [2.05, 4.69) is 17.7 Å². The maximum Gasteiger partial charge on any atom is 0.180 e. The minimum atomic E-state index is -0.0685. The van der Waals surface area contributed by atoms with Gasteiger partial charge in [-0.05, 0) is 32.0 Å². The van der Waals surface area contributed by atoms with Gasteiger partial charge in [-0.2, -0.15) is 0 Å². The zero-order valence-electron chi connectivity index (χ0n) is 7.22. The van der Waals surface area contributed by atoms with Crippen molar-refractivity contribution in [3.63, 3.8) is 0 Å². The normalized spacial score (nSPS) is 28.5. The topological polar surface area (TPSA) is 59.3 Å². The van der Waals surface area contributed by atoms with Crippen LogP contribution in [-0.4, -0.2) is 23.9 Å². The molecule has 1 fully saturated rings. The van der Waals surface area contributed by atoms with Gasteiger partial charge in [0.05, 0.1) is 5.60 Å². The van der Waals surface area contributed by atoms with Crippen LogP contribution in [0.25, 0.3) is 0 Å². The molecule has 0 saturated carbocycles. The third-order valence-electron chi connectivity index (χ3n) is 2.05. The predicted octanol–water partition coefficient (Wildman–Crippen LogP) is -0.107. The van der Waals surface area contributed by atoms with Crippen LogP contribution < -0.4 is 16.6 Å². The lowest BCUT2D eigenvalue weighted by molar-refractivity contribution is 0.0244. The van der Waals surface area contributed by atoms with Gasteiger partial charge in [0.25, 0.3) is 0 Å². The number of hydrazine groups is 1. The summed E-state index contributed by atoms with van der Waals surface area (Å²) in [5.74, 6) is 5.11.